The van der Waals surface area contributed by atoms with Crippen molar-refractivity contribution in [2.24, 2.45) is 10.7 Å². The van der Waals surface area contributed by atoms with Gasteiger partial charge >= 0.3 is 0 Å². The predicted molar refractivity (Wildman–Crippen MR) is 96.4 cm³/mol. The van der Waals surface area contributed by atoms with Gasteiger partial charge in [-0.2, -0.15) is 0 Å². The van der Waals surface area contributed by atoms with Gasteiger partial charge in [0.05, 0.1) is 6.61 Å². The van der Waals surface area contributed by atoms with E-state index in [2.05, 4.69) is 17.2 Å². The maximum atomic E-state index is 13.7. The summed E-state index contributed by atoms with van der Waals surface area (Å²) in [4.78, 5) is 4.32. The van der Waals surface area contributed by atoms with Crippen LogP contribution < -0.4 is 15.8 Å². The first-order valence-electron chi connectivity index (χ1n) is 8.19. The van der Waals surface area contributed by atoms with Crippen molar-refractivity contribution in [3.05, 3.63) is 58.4 Å². The molecule has 5 nitrogen and oxygen atoms in total. The normalized spacial score (nSPS) is 14.0. The van der Waals surface area contributed by atoms with Gasteiger partial charge in [-0.05, 0) is 61.2 Å². The number of hydrogen-bond acceptors (Lipinski definition) is 3. The fraction of sp³-hybridized carbons (Fsp3) is 0.316. The molecule has 1 aliphatic heterocycles. The fourth-order valence-electron chi connectivity index (χ4n) is 2.75. The Morgan fingerprint density at radius 2 is 2.08 bits per heavy atom. The summed E-state index contributed by atoms with van der Waals surface area (Å²) in [6.45, 7) is 5.09. The zero-order valence-corrected chi connectivity index (χ0v) is 14.4. The molecule has 3 rings (SSSR count). The predicted octanol–water partition coefficient (Wildman–Crippen LogP) is 3.28. The van der Waals surface area contributed by atoms with E-state index in [1.807, 2.05) is 25.1 Å². The summed E-state index contributed by atoms with van der Waals surface area (Å²) >= 11 is 0. The van der Waals surface area contributed by atoms with Crippen molar-refractivity contribution >= 4 is 11.6 Å². The van der Waals surface area contributed by atoms with Crippen LogP contribution in [0.1, 0.15) is 22.3 Å². The second-order valence-electron chi connectivity index (χ2n) is 6.10. The van der Waals surface area contributed by atoms with Gasteiger partial charge in [0.1, 0.15) is 11.6 Å². The molecular weight excluding hydrogens is 321 g/mol. The van der Waals surface area contributed by atoms with Crippen LogP contribution in [-0.4, -0.2) is 19.3 Å². The Morgan fingerprint density at radius 3 is 2.88 bits per heavy atom. The molecule has 1 aliphatic rings. The lowest BCUT2D eigenvalue weighted by Crippen LogP contribution is -2.23. The minimum absolute atomic E-state index is 0.186. The number of hydrogen-bond donors (Lipinski definition) is 2. The molecular formula is C19H22FN3O2. The minimum atomic E-state index is -0.298. The Balaban J connectivity index is 1.64. The number of fused-ring (bicyclic) bond motifs is 1. The number of nitrogens with two attached hydrogens (primary N) is 1. The van der Waals surface area contributed by atoms with Gasteiger partial charge in [-0.25, -0.2) is 4.39 Å². The summed E-state index contributed by atoms with van der Waals surface area (Å²) in [7, 11) is 0. The lowest BCUT2D eigenvalue weighted by Gasteiger charge is -2.20. The fourth-order valence-corrected chi connectivity index (χ4v) is 2.75. The van der Waals surface area contributed by atoms with Gasteiger partial charge in [0.15, 0.2) is 12.8 Å². The highest BCUT2D eigenvalue weighted by Gasteiger charge is 2.16. The number of aliphatic imine (C=N–C) groups is 1. The highest BCUT2D eigenvalue weighted by Crippen LogP contribution is 2.29. The first-order valence-corrected chi connectivity index (χ1v) is 8.19. The number of nitrogens with zero attached hydrogens (tertiary/aromatic N) is 1. The van der Waals surface area contributed by atoms with Crippen molar-refractivity contribution < 1.29 is 13.9 Å². The van der Waals surface area contributed by atoms with Crippen LogP contribution in [0.2, 0.25) is 0 Å². The molecule has 0 spiro atoms. The Morgan fingerprint density at radius 1 is 1.24 bits per heavy atom. The largest absolute Gasteiger partial charge is 0.467 e. The van der Waals surface area contributed by atoms with Crippen molar-refractivity contribution in [3.63, 3.8) is 0 Å². The standard InChI is InChI=1S/C19H22FN3O2/c1-12-3-4-17(7-13(12)2)23-19(21)22-6-5-14-8-16(20)9-15-10-24-11-25-18(14)15/h3-4,7-9H,5-6,10-11H2,1-2H3,(H3,21,22,23). The van der Waals surface area contributed by atoms with Crippen LogP contribution in [0, 0.1) is 19.7 Å². The van der Waals surface area contributed by atoms with E-state index in [0.29, 0.717) is 31.3 Å². The molecule has 0 bridgehead atoms. The second-order valence-corrected chi connectivity index (χ2v) is 6.10. The summed E-state index contributed by atoms with van der Waals surface area (Å²) in [5.74, 6) is 0.731. The van der Waals surface area contributed by atoms with E-state index in [0.717, 1.165) is 16.8 Å². The van der Waals surface area contributed by atoms with Gasteiger partial charge in [-0.3, -0.25) is 4.99 Å². The summed E-state index contributed by atoms with van der Waals surface area (Å²) in [6, 6.07) is 8.93. The van der Waals surface area contributed by atoms with Crippen LogP contribution in [0.3, 0.4) is 0 Å². The van der Waals surface area contributed by atoms with Gasteiger partial charge in [0.25, 0.3) is 0 Å². The van der Waals surface area contributed by atoms with Gasteiger partial charge in [-0.15, -0.1) is 0 Å². The smallest absolute Gasteiger partial charge is 0.193 e. The number of rotatable bonds is 4. The molecule has 0 aromatic heterocycles. The average molecular weight is 343 g/mol. The Hall–Kier alpha value is -2.60. The molecule has 3 N–H and O–H groups in total. The zero-order chi connectivity index (χ0) is 17.8. The monoisotopic (exact) mass is 343 g/mol. The summed E-state index contributed by atoms with van der Waals surface area (Å²) in [5, 5.41) is 3.07. The van der Waals surface area contributed by atoms with Gasteiger partial charge in [0.2, 0.25) is 0 Å². The van der Waals surface area contributed by atoms with E-state index in [1.54, 1.807) is 0 Å². The van der Waals surface area contributed by atoms with Crippen molar-refractivity contribution in [3.8, 4) is 5.75 Å². The average Bonchev–Trinajstić information content (AvgIpc) is 2.58. The van der Waals surface area contributed by atoms with Crippen molar-refractivity contribution in [1.29, 1.82) is 0 Å². The van der Waals surface area contributed by atoms with E-state index in [1.165, 1.54) is 23.3 Å². The molecule has 0 saturated heterocycles. The van der Waals surface area contributed by atoms with E-state index in [9.17, 15) is 4.39 Å². The number of halogens is 1. The van der Waals surface area contributed by atoms with Gasteiger partial charge in [0, 0.05) is 17.8 Å². The highest BCUT2D eigenvalue weighted by molar-refractivity contribution is 5.92. The van der Waals surface area contributed by atoms with Crippen LogP contribution in [0.4, 0.5) is 10.1 Å². The first-order chi connectivity index (χ1) is 12.0. The molecule has 0 fully saturated rings. The van der Waals surface area contributed by atoms with Crippen LogP contribution in [0.5, 0.6) is 5.75 Å². The molecule has 0 radical (unpaired) electrons. The van der Waals surface area contributed by atoms with Gasteiger partial charge in [-0.1, -0.05) is 6.07 Å². The van der Waals surface area contributed by atoms with Crippen molar-refractivity contribution in [2.45, 2.75) is 26.9 Å². The molecule has 6 heteroatoms. The quantitative estimate of drug-likeness (QED) is 0.660. The lowest BCUT2D eigenvalue weighted by atomic mass is 10.1. The lowest BCUT2D eigenvalue weighted by molar-refractivity contribution is -0.0172. The third-order valence-electron chi connectivity index (χ3n) is 4.19. The molecule has 0 unspecified atom stereocenters. The first kappa shape index (κ1) is 17.2. The Labute approximate surface area is 146 Å². The van der Waals surface area contributed by atoms with Crippen LogP contribution in [0.15, 0.2) is 35.3 Å². The molecule has 0 saturated carbocycles. The second kappa shape index (κ2) is 7.53. The molecule has 0 atom stereocenters. The maximum Gasteiger partial charge on any atom is 0.193 e. The van der Waals surface area contributed by atoms with Crippen LogP contribution in [0.25, 0.3) is 0 Å². The SMILES string of the molecule is Cc1ccc(NC(N)=NCCc2cc(F)cc3c2OCOC3)cc1C. The number of benzene rings is 2. The van der Waals surface area contributed by atoms with Crippen molar-refractivity contribution in [1.82, 2.24) is 0 Å². The van der Waals surface area contributed by atoms with Gasteiger partial charge < -0.3 is 20.5 Å². The topological polar surface area (TPSA) is 68.9 Å². The molecule has 25 heavy (non-hydrogen) atoms. The van der Waals surface area contributed by atoms with E-state index >= 15 is 0 Å². The summed E-state index contributed by atoms with van der Waals surface area (Å²) in [6.07, 6.45) is 0.537. The molecule has 132 valence electrons. The number of aryl methyl sites for hydroxylation is 2. The van der Waals surface area contributed by atoms with E-state index in [-0.39, 0.29) is 12.6 Å². The maximum absolute atomic E-state index is 13.7. The molecule has 2 aromatic carbocycles. The Bertz CT molecular complexity index is 805. The molecule has 2 aromatic rings. The van der Waals surface area contributed by atoms with E-state index in [4.69, 9.17) is 15.2 Å². The number of anilines is 1. The molecule has 1 heterocycles. The molecule has 0 aliphatic carbocycles. The van der Waals surface area contributed by atoms with Crippen LogP contribution >= 0.6 is 0 Å². The minimum Gasteiger partial charge on any atom is -0.467 e. The number of ether oxygens (including phenoxy) is 2. The zero-order valence-electron chi connectivity index (χ0n) is 14.4. The third kappa shape index (κ3) is 4.28. The summed E-state index contributed by atoms with van der Waals surface area (Å²) < 4.78 is 24.4. The number of nitrogens with one attached hydrogen (secondary N) is 1. The number of guanidine groups is 1. The summed E-state index contributed by atoms with van der Waals surface area (Å²) in [5.41, 5.74) is 10.7. The Kier molecular flexibility index (Phi) is 5.19. The third-order valence-corrected chi connectivity index (χ3v) is 4.19. The van der Waals surface area contributed by atoms with E-state index < -0.39 is 0 Å². The highest BCUT2D eigenvalue weighted by atomic mass is 19.1. The van der Waals surface area contributed by atoms with Crippen LogP contribution in [-0.2, 0) is 17.8 Å². The van der Waals surface area contributed by atoms with Crippen molar-refractivity contribution in [2.75, 3.05) is 18.7 Å². The molecule has 0 amide bonds.